The second kappa shape index (κ2) is 5.92. The smallest absolute Gasteiger partial charge is 0.184 e. The Morgan fingerprint density at radius 3 is 2.58 bits per heavy atom. The Hall–Kier alpha value is -1.07. The van der Waals surface area contributed by atoms with Gasteiger partial charge in [0.2, 0.25) is 0 Å². The fourth-order valence-corrected chi connectivity index (χ4v) is 4.31. The Labute approximate surface area is 114 Å². The summed E-state index contributed by atoms with van der Waals surface area (Å²) in [6.07, 6.45) is 3.22. The summed E-state index contributed by atoms with van der Waals surface area (Å²) >= 11 is 0. The number of hydrogen-bond acceptors (Lipinski definition) is 4. The molecule has 4 nitrogen and oxygen atoms in total. The highest BCUT2D eigenvalue weighted by atomic mass is 32.2. The summed E-state index contributed by atoms with van der Waals surface area (Å²) in [5.74, 6) is 0.225. The van der Waals surface area contributed by atoms with Gasteiger partial charge in [-0.15, -0.1) is 0 Å². The van der Waals surface area contributed by atoms with E-state index >= 15 is 0 Å². The van der Waals surface area contributed by atoms with Gasteiger partial charge in [0.15, 0.2) is 9.84 Å². The zero-order valence-corrected chi connectivity index (χ0v) is 11.9. The van der Waals surface area contributed by atoms with Crippen LogP contribution in [0, 0.1) is 5.92 Å². The first-order valence-corrected chi connectivity index (χ1v) is 8.23. The van der Waals surface area contributed by atoms with Crippen LogP contribution in [0.1, 0.15) is 25.7 Å². The van der Waals surface area contributed by atoms with Crippen LogP contribution in [0.25, 0.3) is 0 Å². The number of ether oxygens (including phenoxy) is 1. The zero-order chi connectivity index (χ0) is 13.9. The third-order valence-corrected chi connectivity index (χ3v) is 5.53. The maximum atomic E-state index is 12.3. The molecule has 0 amide bonds. The maximum absolute atomic E-state index is 12.3. The molecule has 1 saturated carbocycles. The van der Waals surface area contributed by atoms with E-state index in [2.05, 4.69) is 0 Å². The fraction of sp³-hybridized carbons (Fsp3) is 0.571. The van der Waals surface area contributed by atoms with Crippen molar-refractivity contribution < 1.29 is 18.3 Å². The van der Waals surface area contributed by atoms with Gasteiger partial charge in [-0.1, -0.05) is 25.0 Å². The van der Waals surface area contributed by atoms with Crippen LogP contribution < -0.4 is 4.74 Å². The number of sulfone groups is 1. The van der Waals surface area contributed by atoms with Crippen molar-refractivity contribution in [2.24, 2.45) is 5.92 Å². The molecule has 1 atom stereocenters. The molecule has 19 heavy (non-hydrogen) atoms. The minimum Gasteiger partial charge on any atom is -0.495 e. The predicted molar refractivity (Wildman–Crippen MR) is 73.0 cm³/mol. The fourth-order valence-electron chi connectivity index (χ4n) is 2.67. The van der Waals surface area contributed by atoms with E-state index in [9.17, 15) is 13.5 Å². The SMILES string of the molecule is COc1ccccc1S(=O)(=O)CC(O)C1CCCC1. The van der Waals surface area contributed by atoms with Crippen molar-refractivity contribution >= 4 is 9.84 Å². The molecule has 0 bridgehead atoms. The first-order chi connectivity index (χ1) is 9.04. The normalized spacial score (nSPS) is 18.4. The highest BCUT2D eigenvalue weighted by Crippen LogP contribution is 2.30. The van der Waals surface area contributed by atoms with Gasteiger partial charge in [0, 0.05) is 0 Å². The van der Waals surface area contributed by atoms with Gasteiger partial charge < -0.3 is 9.84 Å². The van der Waals surface area contributed by atoms with Gasteiger partial charge in [0.25, 0.3) is 0 Å². The average Bonchev–Trinajstić information content (AvgIpc) is 2.92. The number of methoxy groups -OCH3 is 1. The van der Waals surface area contributed by atoms with Crippen molar-refractivity contribution in [3.05, 3.63) is 24.3 Å². The second-order valence-corrected chi connectivity index (χ2v) is 7.05. The molecule has 1 aromatic carbocycles. The molecular weight excluding hydrogens is 264 g/mol. The lowest BCUT2D eigenvalue weighted by Gasteiger charge is -2.18. The number of para-hydroxylation sites is 1. The lowest BCUT2D eigenvalue weighted by atomic mass is 10.0. The quantitative estimate of drug-likeness (QED) is 0.898. The largest absolute Gasteiger partial charge is 0.495 e. The third-order valence-electron chi connectivity index (χ3n) is 3.74. The summed E-state index contributed by atoms with van der Waals surface area (Å²) < 4.78 is 29.8. The molecule has 5 heteroatoms. The van der Waals surface area contributed by atoms with Crippen LogP contribution in [0.2, 0.25) is 0 Å². The van der Waals surface area contributed by atoms with Crippen molar-refractivity contribution in [3.8, 4) is 5.75 Å². The Bertz CT molecular complexity index is 518. The Kier molecular flexibility index (Phi) is 4.47. The predicted octanol–water partition coefficient (Wildman–Crippen LogP) is 2.02. The molecule has 2 rings (SSSR count). The number of aliphatic hydroxyl groups excluding tert-OH is 1. The van der Waals surface area contributed by atoms with Gasteiger partial charge in [0.1, 0.15) is 10.6 Å². The molecule has 0 heterocycles. The standard InChI is InChI=1S/C14H20O4S/c1-18-13-8-4-5-9-14(13)19(16,17)10-12(15)11-6-2-3-7-11/h4-5,8-9,11-12,15H,2-3,6-7,10H2,1H3. The van der Waals surface area contributed by atoms with Crippen molar-refractivity contribution in [1.29, 1.82) is 0 Å². The van der Waals surface area contributed by atoms with E-state index in [0.29, 0.717) is 5.75 Å². The van der Waals surface area contributed by atoms with Crippen molar-refractivity contribution in [1.82, 2.24) is 0 Å². The van der Waals surface area contributed by atoms with Gasteiger partial charge in [-0.25, -0.2) is 8.42 Å². The number of aliphatic hydroxyl groups is 1. The minimum absolute atomic E-state index is 0.115. The van der Waals surface area contributed by atoms with Crippen LogP contribution in [-0.4, -0.2) is 32.5 Å². The molecule has 1 aliphatic carbocycles. The molecule has 1 fully saturated rings. The molecule has 0 aliphatic heterocycles. The highest BCUT2D eigenvalue weighted by molar-refractivity contribution is 7.91. The van der Waals surface area contributed by atoms with E-state index < -0.39 is 15.9 Å². The average molecular weight is 284 g/mol. The monoisotopic (exact) mass is 284 g/mol. The van der Waals surface area contributed by atoms with Crippen LogP contribution >= 0.6 is 0 Å². The Balaban J connectivity index is 2.17. The van der Waals surface area contributed by atoms with Crippen molar-refractivity contribution in [3.63, 3.8) is 0 Å². The molecule has 0 radical (unpaired) electrons. The molecule has 0 saturated heterocycles. The summed E-state index contributed by atoms with van der Waals surface area (Å²) in [4.78, 5) is 0.162. The van der Waals surface area contributed by atoms with E-state index in [1.54, 1.807) is 18.2 Å². The van der Waals surface area contributed by atoms with E-state index in [-0.39, 0.29) is 16.6 Å². The molecule has 1 aliphatic rings. The second-order valence-electron chi connectivity index (χ2n) is 5.04. The van der Waals surface area contributed by atoms with Gasteiger partial charge >= 0.3 is 0 Å². The molecular formula is C14H20O4S. The minimum atomic E-state index is -3.51. The van der Waals surface area contributed by atoms with Crippen molar-refractivity contribution in [2.75, 3.05) is 12.9 Å². The summed E-state index contributed by atoms with van der Waals surface area (Å²) in [5, 5.41) is 10.1. The number of benzene rings is 1. The van der Waals surface area contributed by atoms with E-state index in [1.165, 1.54) is 13.2 Å². The van der Waals surface area contributed by atoms with Crippen LogP contribution in [0.5, 0.6) is 5.75 Å². The topological polar surface area (TPSA) is 63.6 Å². The van der Waals surface area contributed by atoms with Crippen LogP contribution in [0.15, 0.2) is 29.2 Å². The summed E-state index contributed by atoms with van der Waals surface area (Å²) in [5.41, 5.74) is 0. The third kappa shape index (κ3) is 3.28. The molecule has 1 N–H and O–H groups in total. The molecule has 106 valence electrons. The molecule has 0 aromatic heterocycles. The van der Waals surface area contributed by atoms with Crippen LogP contribution in [0.4, 0.5) is 0 Å². The molecule has 1 aromatic rings. The first kappa shape index (κ1) is 14.3. The highest BCUT2D eigenvalue weighted by Gasteiger charge is 2.29. The maximum Gasteiger partial charge on any atom is 0.184 e. The van der Waals surface area contributed by atoms with Crippen LogP contribution in [0.3, 0.4) is 0 Å². The lowest BCUT2D eigenvalue weighted by Crippen LogP contribution is -2.27. The van der Waals surface area contributed by atoms with Gasteiger partial charge in [-0.2, -0.15) is 0 Å². The van der Waals surface area contributed by atoms with E-state index in [0.717, 1.165) is 25.7 Å². The van der Waals surface area contributed by atoms with Gasteiger partial charge in [-0.3, -0.25) is 0 Å². The first-order valence-electron chi connectivity index (χ1n) is 6.58. The summed E-state index contributed by atoms with van der Waals surface area (Å²) in [6.45, 7) is 0. The van der Waals surface area contributed by atoms with E-state index in [4.69, 9.17) is 4.74 Å². The molecule has 1 unspecified atom stereocenters. The van der Waals surface area contributed by atoms with E-state index in [1.807, 2.05) is 0 Å². The summed E-state index contributed by atoms with van der Waals surface area (Å²) in [6, 6.07) is 6.53. The van der Waals surface area contributed by atoms with Crippen LogP contribution in [-0.2, 0) is 9.84 Å². The van der Waals surface area contributed by atoms with Crippen molar-refractivity contribution in [2.45, 2.75) is 36.7 Å². The van der Waals surface area contributed by atoms with Gasteiger partial charge in [-0.05, 0) is 30.9 Å². The number of hydrogen-bond donors (Lipinski definition) is 1. The zero-order valence-electron chi connectivity index (χ0n) is 11.1. The lowest BCUT2D eigenvalue weighted by molar-refractivity contribution is 0.131. The Morgan fingerprint density at radius 1 is 1.32 bits per heavy atom. The van der Waals surface area contributed by atoms with Gasteiger partial charge in [0.05, 0.1) is 19.0 Å². The molecule has 0 spiro atoms. The summed E-state index contributed by atoms with van der Waals surface area (Å²) in [7, 11) is -2.07. The Morgan fingerprint density at radius 2 is 1.95 bits per heavy atom. The number of rotatable bonds is 5.